The van der Waals surface area contributed by atoms with Gasteiger partial charge in [-0.1, -0.05) is 24.3 Å². The number of benzene rings is 1. The summed E-state index contributed by atoms with van der Waals surface area (Å²) in [5, 5.41) is 3.45. The lowest BCUT2D eigenvalue weighted by atomic mass is 9.93. The first-order valence-electron chi connectivity index (χ1n) is 6.42. The fourth-order valence-corrected chi connectivity index (χ4v) is 3.14. The number of carbonyl (C=O) groups is 1. The first-order valence-corrected chi connectivity index (χ1v) is 6.42. The molecule has 1 aromatic heterocycles. The molecule has 4 rings (SSSR count). The normalized spacial score (nSPS) is 21.7. The Kier molecular flexibility index (Phi) is 1.95. The number of ketones is 1. The maximum absolute atomic E-state index is 11.6. The van der Waals surface area contributed by atoms with Crippen LogP contribution in [0.3, 0.4) is 0 Å². The molecule has 1 atom stereocenters. The van der Waals surface area contributed by atoms with E-state index >= 15 is 0 Å². The highest BCUT2D eigenvalue weighted by Crippen LogP contribution is 2.32. The summed E-state index contributed by atoms with van der Waals surface area (Å²) >= 11 is 0. The van der Waals surface area contributed by atoms with Crippen molar-refractivity contribution in [2.24, 2.45) is 5.92 Å². The van der Waals surface area contributed by atoms with Gasteiger partial charge in [-0.2, -0.15) is 0 Å². The van der Waals surface area contributed by atoms with E-state index in [4.69, 9.17) is 4.98 Å². The van der Waals surface area contributed by atoms with E-state index in [1.807, 2.05) is 18.2 Å². The van der Waals surface area contributed by atoms with Crippen molar-refractivity contribution in [3.63, 3.8) is 0 Å². The summed E-state index contributed by atoms with van der Waals surface area (Å²) in [5.74, 6) is 0.782. The zero-order valence-corrected chi connectivity index (χ0v) is 10.0. The molecule has 0 amide bonds. The van der Waals surface area contributed by atoms with E-state index in [2.05, 4.69) is 18.2 Å². The van der Waals surface area contributed by atoms with Gasteiger partial charge < -0.3 is 0 Å². The van der Waals surface area contributed by atoms with E-state index < -0.39 is 0 Å². The molecule has 1 heterocycles. The van der Waals surface area contributed by atoms with Gasteiger partial charge in [0.15, 0.2) is 0 Å². The highest BCUT2D eigenvalue weighted by Gasteiger charge is 2.29. The van der Waals surface area contributed by atoms with E-state index in [1.165, 1.54) is 16.2 Å². The van der Waals surface area contributed by atoms with Gasteiger partial charge in [-0.3, -0.25) is 4.79 Å². The third-order valence-electron chi connectivity index (χ3n) is 4.03. The van der Waals surface area contributed by atoms with Crippen LogP contribution in [-0.4, -0.2) is 10.8 Å². The van der Waals surface area contributed by atoms with Crippen molar-refractivity contribution in [3.8, 4) is 0 Å². The Morgan fingerprint density at radius 3 is 3.06 bits per heavy atom. The number of pyridine rings is 1. The number of nitrogens with zero attached hydrogens (tertiary/aromatic N) is 1. The Hall–Kier alpha value is -1.96. The van der Waals surface area contributed by atoms with Gasteiger partial charge >= 0.3 is 0 Å². The maximum atomic E-state index is 11.6. The summed E-state index contributed by atoms with van der Waals surface area (Å²) in [6.45, 7) is 0. The third kappa shape index (κ3) is 1.35. The molecule has 0 N–H and O–H groups in total. The molecule has 1 saturated carbocycles. The SMILES string of the molecule is O=C1CC2=c3nc4ccccc4cc3=CCC2C1. The zero-order valence-electron chi connectivity index (χ0n) is 10.0. The van der Waals surface area contributed by atoms with E-state index in [1.54, 1.807) is 0 Å². The molecule has 0 spiro atoms. The number of Topliss-reactive ketones (excluding diaryl/α,β-unsaturated/α-hetero) is 1. The Morgan fingerprint density at radius 1 is 1.22 bits per heavy atom. The maximum Gasteiger partial charge on any atom is 0.137 e. The molecule has 88 valence electrons. The Bertz CT molecular complexity index is 788. The fraction of sp³-hybridized carbons (Fsp3) is 0.250. The van der Waals surface area contributed by atoms with E-state index in [0.717, 1.165) is 17.3 Å². The topological polar surface area (TPSA) is 30.0 Å². The van der Waals surface area contributed by atoms with Gasteiger partial charge in [0.1, 0.15) is 5.78 Å². The van der Waals surface area contributed by atoms with Crippen LogP contribution in [0.1, 0.15) is 19.3 Å². The van der Waals surface area contributed by atoms with Gasteiger partial charge in [-0.05, 0) is 35.3 Å². The quantitative estimate of drug-likeness (QED) is 0.693. The summed E-state index contributed by atoms with van der Waals surface area (Å²) in [5.41, 5.74) is 2.29. The van der Waals surface area contributed by atoms with Crippen LogP contribution in [0.2, 0.25) is 0 Å². The zero-order chi connectivity index (χ0) is 12.1. The molecule has 1 fully saturated rings. The van der Waals surface area contributed by atoms with Gasteiger partial charge in [0, 0.05) is 18.2 Å². The smallest absolute Gasteiger partial charge is 0.137 e. The second kappa shape index (κ2) is 3.52. The van der Waals surface area contributed by atoms with Crippen LogP contribution in [-0.2, 0) is 4.79 Å². The predicted molar refractivity (Wildman–Crippen MR) is 71.2 cm³/mol. The third-order valence-corrected chi connectivity index (χ3v) is 4.03. The first kappa shape index (κ1) is 10.0. The molecule has 18 heavy (non-hydrogen) atoms. The molecule has 0 aliphatic heterocycles. The molecule has 2 aliphatic carbocycles. The van der Waals surface area contributed by atoms with Crippen molar-refractivity contribution in [2.75, 3.05) is 0 Å². The average molecular weight is 235 g/mol. The van der Waals surface area contributed by atoms with Gasteiger partial charge in [0.25, 0.3) is 0 Å². The lowest BCUT2D eigenvalue weighted by Gasteiger charge is -2.13. The molecular weight excluding hydrogens is 222 g/mol. The minimum absolute atomic E-state index is 0.367. The van der Waals surface area contributed by atoms with Crippen molar-refractivity contribution < 1.29 is 4.79 Å². The highest BCUT2D eigenvalue weighted by molar-refractivity contribution is 5.93. The second-order valence-electron chi connectivity index (χ2n) is 5.20. The lowest BCUT2D eigenvalue weighted by molar-refractivity contribution is -0.117. The minimum Gasteiger partial charge on any atom is -0.299 e. The van der Waals surface area contributed by atoms with E-state index in [0.29, 0.717) is 24.5 Å². The number of rotatable bonds is 0. The van der Waals surface area contributed by atoms with Crippen LogP contribution < -0.4 is 10.6 Å². The number of aromatic nitrogens is 1. The molecule has 1 unspecified atom stereocenters. The number of para-hydroxylation sites is 1. The summed E-state index contributed by atoms with van der Waals surface area (Å²) < 4.78 is 0. The molecule has 2 aliphatic rings. The van der Waals surface area contributed by atoms with Crippen LogP contribution in [0.25, 0.3) is 22.6 Å². The monoisotopic (exact) mass is 235 g/mol. The molecule has 1 aromatic carbocycles. The van der Waals surface area contributed by atoms with Crippen LogP contribution >= 0.6 is 0 Å². The number of hydrogen-bond acceptors (Lipinski definition) is 2. The van der Waals surface area contributed by atoms with Gasteiger partial charge in [-0.15, -0.1) is 0 Å². The lowest BCUT2D eigenvalue weighted by Crippen LogP contribution is -2.34. The van der Waals surface area contributed by atoms with Gasteiger partial charge in [0.2, 0.25) is 0 Å². The summed E-state index contributed by atoms with van der Waals surface area (Å²) in [7, 11) is 0. The average Bonchev–Trinajstić information content (AvgIpc) is 2.77. The Balaban J connectivity index is 2.13. The Morgan fingerprint density at radius 2 is 2.11 bits per heavy atom. The van der Waals surface area contributed by atoms with E-state index in [-0.39, 0.29) is 0 Å². The van der Waals surface area contributed by atoms with Crippen molar-refractivity contribution in [3.05, 3.63) is 40.9 Å². The molecule has 0 saturated heterocycles. The van der Waals surface area contributed by atoms with Crippen LogP contribution in [0, 0.1) is 5.92 Å². The second-order valence-corrected chi connectivity index (χ2v) is 5.20. The summed E-state index contributed by atoms with van der Waals surface area (Å²) in [6.07, 6.45) is 4.55. The molecule has 2 heteroatoms. The fourth-order valence-electron chi connectivity index (χ4n) is 3.14. The molecular formula is C16H13NO. The number of hydrogen-bond donors (Lipinski definition) is 0. The standard InChI is InChI=1S/C16H13NO/c18-13-8-10-5-6-12-7-11-3-1-2-4-15(11)17-16(12)14(10)9-13/h1-4,6-7,10H,5,8-9H2. The predicted octanol–water partition coefficient (Wildman–Crippen LogP) is 1.55. The summed E-state index contributed by atoms with van der Waals surface area (Å²) in [4.78, 5) is 16.4. The van der Waals surface area contributed by atoms with E-state index in [9.17, 15) is 4.79 Å². The van der Waals surface area contributed by atoms with Crippen molar-refractivity contribution in [2.45, 2.75) is 19.3 Å². The van der Waals surface area contributed by atoms with Crippen LogP contribution in [0.4, 0.5) is 0 Å². The van der Waals surface area contributed by atoms with Gasteiger partial charge in [-0.25, -0.2) is 4.98 Å². The molecule has 2 nitrogen and oxygen atoms in total. The van der Waals surface area contributed by atoms with Crippen molar-refractivity contribution in [1.29, 1.82) is 0 Å². The van der Waals surface area contributed by atoms with Crippen molar-refractivity contribution in [1.82, 2.24) is 4.98 Å². The van der Waals surface area contributed by atoms with Crippen LogP contribution in [0.5, 0.6) is 0 Å². The molecule has 0 radical (unpaired) electrons. The van der Waals surface area contributed by atoms with Crippen LogP contribution in [0.15, 0.2) is 30.3 Å². The number of carbonyl (C=O) groups excluding carboxylic acids is 1. The molecule has 2 aromatic rings. The van der Waals surface area contributed by atoms with Crippen molar-refractivity contribution >= 4 is 28.3 Å². The largest absolute Gasteiger partial charge is 0.299 e. The minimum atomic E-state index is 0.367. The molecule has 0 bridgehead atoms. The summed E-state index contributed by atoms with van der Waals surface area (Å²) in [6, 6.07) is 10.4. The Labute approximate surface area is 105 Å². The van der Waals surface area contributed by atoms with Gasteiger partial charge in [0.05, 0.1) is 10.9 Å². The highest BCUT2D eigenvalue weighted by atomic mass is 16.1. The first-order chi connectivity index (χ1) is 8.81. The number of fused-ring (bicyclic) bond motifs is 3.